The molecule has 0 aromatic heterocycles. The second-order valence-electron chi connectivity index (χ2n) is 12.1. The van der Waals surface area contributed by atoms with Crippen LogP contribution >= 0.6 is 0 Å². The van der Waals surface area contributed by atoms with Crippen molar-refractivity contribution in [2.75, 3.05) is 6.61 Å². The van der Waals surface area contributed by atoms with Gasteiger partial charge in [0.15, 0.2) is 6.61 Å². The van der Waals surface area contributed by atoms with E-state index >= 15 is 0 Å². The number of aryl methyl sites for hydroxylation is 1. The second kappa shape index (κ2) is 9.62. The van der Waals surface area contributed by atoms with Gasteiger partial charge in [0.1, 0.15) is 11.9 Å². The summed E-state index contributed by atoms with van der Waals surface area (Å²) >= 11 is 0. The number of carbonyl (C=O) groups is 2. The average molecular weight is 533 g/mol. The van der Waals surface area contributed by atoms with Gasteiger partial charge in [0.05, 0.1) is 11.0 Å². The summed E-state index contributed by atoms with van der Waals surface area (Å²) < 4.78 is 36.3. The Morgan fingerprint density at radius 2 is 1.84 bits per heavy atom. The van der Waals surface area contributed by atoms with Gasteiger partial charge in [-0.3, -0.25) is 8.98 Å². The molecule has 0 saturated heterocycles. The molecule has 0 spiro atoms. The van der Waals surface area contributed by atoms with Gasteiger partial charge >= 0.3 is 5.97 Å². The summed E-state index contributed by atoms with van der Waals surface area (Å²) in [7, 11) is -4.15. The van der Waals surface area contributed by atoms with E-state index in [4.69, 9.17) is 8.92 Å². The Morgan fingerprint density at radius 3 is 2.46 bits per heavy atom. The lowest BCUT2D eigenvalue weighted by molar-refractivity contribution is -0.207. The predicted molar refractivity (Wildman–Crippen MR) is 139 cm³/mol. The maximum atomic E-state index is 13.4. The number of aliphatic hydroxyl groups excluding tert-OH is 1. The number of rotatable bonds is 6. The van der Waals surface area contributed by atoms with E-state index in [1.54, 1.807) is 18.2 Å². The standard InChI is InChI=1S/C29H40O7S/c1-7-27(5)16-23(36-24(31)17-35-37(33,34)21-10-8-18(2)9-11-21)28(6)19(3)12-14-29(20(4)26(27)32)15-13-22(30)25(28)29/h7-11,19-20,23,25-26,32H,1,12-17H2,2-6H3/t19?,20-,23+,25?,26?,27+,28-,29?/m0/s1. The highest BCUT2D eigenvalue weighted by Gasteiger charge is 2.68. The minimum Gasteiger partial charge on any atom is -0.460 e. The largest absolute Gasteiger partial charge is 0.460 e. The molecule has 3 aliphatic carbocycles. The Kier molecular flexibility index (Phi) is 7.27. The van der Waals surface area contributed by atoms with E-state index < -0.39 is 45.7 Å². The zero-order chi connectivity index (χ0) is 27.4. The van der Waals surface area contributed by atoms with Crippen LogP contribution in [0.4, 0.5) is 0 Å². The van der Waals surface area contributed by atoms with Crippen molar-refractivity contribution in [3.05, 3.63) is 42.5 Å². The molecule has 2 bridgehead atoms. The highest BCUT2D eigenvalue weighted by atomic mass is 32.2. The number of hydrogen-bond acceptors (Lipinski definition) is 7. The van der Waals surface area contributed by atoms with Crippen molar-refractivity contribution in [2.24, 2.45) is 34.0 Å². The van der Waals surface area contributed by atoms with Crippen molar-refractivity contribution >= 4 is 21.9 Å². The van der Waals surface area contributed by atoms with Crippen molar-refractivity contribution in [3.8, 4) is 0 Å². The molecule has 204 valence electrons. The highest BCUT2D eigenvalue weighted by Crippen LogP contribution is 2.68. The van der Waals surface area contributed by atoms with E-state index in [1.807, 2.05) is 27.7 Å². The number of aliphatic hydroxyl groups is 1. The summed E-state index contributed by atoms with van der Waals surface area (Å²) in [4.78, 5) is 26.5. The molecule has 0 radical (unpaired) electrons. The van der Waals surface area contributed by atoms with Crippen LogP contribution in [-0.4, -0.2) is 44.1 Å². The van der Waals surface area contributed by atoms with E-state index in [1.165, 1.54) is 12.1 Å². The molecule has 3 saturated carbocycles. The quantitative estimate of drug-likeness (QED) is 0.324. The third kappa shape index (κ3) is 4.49. The van der Waals surface area contributed by atoms with E-state index in [9.17, 15) is 23.1 Å². The number of carbonyl (C=O) groups excluding carboxylic acids is 2. The molecular formula is C29H40O7S. The summed E-state index contributed by atoms with van der Waals surface area (Å²) in [6.07, 6.45) is 3.37. The van der Waals surface area contributed by atoms with Gasteiger partial charge in [-0.05, 0) is 62.0 Å². The first kappa shape index (κ1) is 28.0. The Balaban J connectivity index is 1.65. The predicted octanol–water partition coefficient (Wildman–Crippen LogP) is 4.61. The first-order valence-electron chi connectivity index (χ1n) is 13.2. The van der Waals surface area contributed by atoms with Crippen LogP contribution in [0.25, 0.3) is 0 Å². The Bertz CT molecular complexity index is 1180. The number of Topliss-reactive ketones (excluding diaryl/α,β-unsaturated/α-hetero) is 1. The molecule has 3 fully saturated rings. The minimum absolute atomic E-state index is 0.0394. The fourth-order valence-corrected chi connectivity index (χ4v) is 8.45. The second-order valence-corrected chi connectivity index (χ2v) is 13.7. The third-order valence-corrected chi connectivity index (χ3v) is 11.5. The number of ether oxygens (including phenoxy) is 1. The molecule has 8 atom stereocenters. The van der Waals surface area contributed by atoms with Crippen LogP contribution in [0, 0.1) is 40.9 Å². The van der Waals surface area contributed by atoms with Gasteiger partial charge < -0.3 is 9.84 Å². The van der Waals surface area contributed by atoms with Gasteiger partial charge in [-0.1, -0.05) is 51.5 Å². The molecule has 8 heteroatoms. The van der Waals surface area contributed by atoms with Gasteiger partial charge in [0.2, 0.25) is 0 Å². The van der Waals surface area contributed by atoms with Crippen molar-refractivity contribution in [1.29, 1.82) is 0 Å². The smallest absolute Gasteiger partial charge is 0.333 e. The zero-order valence-corrected chi connectivity index (χ0v) is 23.3. The third-order valence-electron chi connectivity index (χ3n) is 10.2. The molecule has 4 unspecified atom stereocenters. The van der Waals surface area contributed by atoms with Crippen molar-refractivity contribution in [1.82, 2.24) is 0 Å². The normalized spacial score (nSPS) is 39.8. The first-order valence-corrected chi connectivity index (χ1v) is 14.6. The van der Waals surface area contributed by atoms with Crippen LogP contribution in [0.15, 0.2) is 41.8 Å². The van der Waals surface area contributed by atoms with Crippen molar-refractivity contribution in [2.45, 2.75) is 83.8 Å². The lowest BCUT2D eigenvalue weighted by Gasteiger charge is -2.61. The number of hydrogen-bond donors (Lipinski definition) is 1. The monoisotopic (exact) mass is 532 g/mol. The first-order chi connectivity index (χ1) is 17.2. The molecule has 0 aliphatic heterocycles. The van der Waals surface area contributed by atoms with Crippen LogP contribution in [0.5, 0.6) is 0 Å². The molecule has 7 nitrogen and oxygen atoms in total. The van der Waals surface area contributed by atoms with E-state index in [0.717, 1.165) is 18.4 Å². The fraction of sp³-hybridized carbons (Fsp3) is 0.655. The lowest BCUT2D eigenvalue weighted by Crippen LogP contribution is -2.63. The molecular weight excluding hydrogens is 492 g/mol. The summed E-state index contributed by atoms with van der Waals surface area (Å²) in [6, 6.07) is 6.17. The summed E-state index contributed by atoms with van der Waals surface area (Å²) in [6.45, 7) is 13.2. The summed E-state index contributed by atoms with van der Waals surface area (Å²) in [5.74, 6) is -1.05. The fourth-order valence-electron chi connectivity index (χ4n) is 7.59. The van der Waals surface area contributed by atoms with Gasteiger partial charge in [-0.2, -0.15) is 8.42 Å². The number of esters is 1. The van der Waals surface area contributed by atoms with Gasteiger partial charge in [0.25, 0.3) is 10.1 Å². The van der Waals surface area contributed by atoms with Crippen LogP contribution in [0.3, 0.4) is 0 Å². The Hall–Kier alpha value is -2.03. The van der Waals surface area contributed by atoms with Crippen LogP contribution in [0.2, 0.25) is 0 Å². The molecule has 4 rings (SSSR count). The van der Waals surface area contributed by atoms with Crippen LogP contribution in [0.1, 0.15) is 65.4 Å². The molecule has 0 heterocycles. The molecule has 0 amide bonds. The van der Waals surface area contributed by atoms with E-state index in [2.05, 4.69) is 13.5 Å². The van der Waals surface area contributed by atoms with E-state index in [-0.39, 0.29) is 40.3 Å². The topological polar surface area (TPSA) is 107 Å². The zero-order valence-electron chi connectivity index (χ0n) is 22.5. The van der Waals surface area contributed by atoms with Gasteiger partial charge in [-0.15, -0.1) is 6.58 Å². The lowest BCUT2D eigenvalue weighted by atomic mass is 9.44. The highest BCUT2D eigenvalue weighted by molar-refractivity contribution is 7.86. The molecule has 37 heavy (non-hydrogen) atoms. The van der Waals surface area contributed by atoms with Crippen molar-refractivity contribution < 1.29 is 32.0 Å². The molecule has 1 aromatic carbocycles. The summed E-state index contributed by atoms with van der Waals surface area (Å²) in [5, 5.41) is 11.6. The Labute approximate surface area is 220 Å². The summed E-state index contributed by atoms with van der Waals surface area (Å²) in [5.41, 5.74) is -0.910. The van der Waals surface area contributed by atoms with Crippen LogP contribution in [-0.2, 0) is 28.6 Å². The number of ketones is 1. The van der Waals surface area contributed by atoms with Crippen LogP contribution < -0.4 is 0 Å². The van der Waals surface area contributed by atoms with Gasteiger partial charge in [0, 0.05) is 23.2 Å². The van der Waals surface area contributed by atoms with E-state index in [0.29, 0.717) is 12.8 Å². The molecule has 1 aromatic rings. The van der Waals surface area contributed by atoms with Gasteiger partial charge in [-0.25, -0.2) is 4.79 Å². The minimum atomic E-state index is -4.15. The SMILES string of the molecule is C=C[C@]1(C)C[C@@H](OC(=O)COS(=O)(=O)c2ccc(C)cc2)[C@]2(C)C(C)CCC3(CCC(=O)C32)[C@@H](C)C1O. The average Bonchev–Trinajstić information content (AvgIpc) is 3.21. The Morgan fingerprint density at radius 1 is 1.19 bits per heavy atom. The number of benzene rings is 1. The van der Waals surface area contributed by atoms with Crippen molar-refractivity contribution in [3.63, 3.8) is 0 Å². The molecule has 1 N–H and O–H groups in total. The maximum absolute atomic E-state index is 13.4. The maximum Gasteiger partial charge on any atom is 0.333 e. The molecule has 3 aliphatic rings.